The Hall–Kier alpha value is -1.09. The molecule has 0 bridgehead atoms. The van der Waals surface area contributed by atoms with Crippen molar-refractivity contribution in [2.24, 2.45) is 11.8 Å². The fourth-order valence-electron chi connectivity index (χ4n) is 3.03. The van der Waals surface area contributed by atoms with Gasteiger partial charge in [0.25, 0.3) is 0 Å². The fraction of sp³-hybridized carbons (Fsp3) is 0.615. The highest BCUT2D eigenvalue weighted by atomic mass is 15.1. The number of fused-ring (bicyclic) bond motifs is 1. The SMILES string of the molecule is c1cncc(N2CC[C@@H]3CNCC[C@@H]3C2)c1. The minimum atomic E-state index is 0.884. The van der Waals surface area contributed by atoms with Gasteiger partial charge in [-0.05, 0) is 49.9 Å². The number of piperidine rings is 2. The van der Waals surface area contributed by atoms with Gasteiger partial charge in [-0.2, -0.15) is 0 Å². The summed E-state index contributed by atoms with van der Waals surface area (Å²) in [6, 6.07) is 4.21. The van der Waals surface area contributed by atoms with Crippen molar-refractivity contribution >= 4 is 5.69 Å². The Morgan fingerprint density at radius 1 is 1.31 bits per heavy atom. The van der Waals surface area contributed by atoms with E-state index in [0.29, 0.717) is 0 Å². The van der Waals surface area contributed by atoms with Gasteiger partial charge in [0.05, 0.1) is 11.9 Å². The topological polar surface area (TPSA) is 28.2 Å². The third-order valence-corrected chi connectivity index (χ3v) is 4.00. The van der Waals surface area contributed by atoms with Gasteiger partial charge < -0.3 is 10.2 Å². The first-order valence-corrected chi connectivity index (χ1v) is 6.29. The number of nitrogens with zero attached hydrogens (tertiary/aromatic N) is 2. The van der Waals surface area contributed by atoms with Crippen molar-refractivity contribution in [3.05, 3.63) is 24.5 Å². The Kier molecular flexibility index (Phi) is 2.79. The molecule has 0 radical (unpaired) electrons. The van der Waals surface area contributed by atoms with Gasteiger partial charge in [0.2, 0.25) is 0 Å². The molecule has 16 heavy (non-hydrogen) atoms. The average molecular weight is 217 g/mol. The van der Waals surface area contributed by atoms with Crippen LogP contribution in [0.25, 0.3) is 0 Å². The fourth-order valence-corrected chi connectivity index (χ4v) is 3.03. The minimum Gasteiger partial charge on any atom is -0.370 e. The zero-order valence-corrected chi connectivity index (χ0v) is 9.60. The first-order chi connectivity index (χ1) is 7.93. The van der Waals surface area contributed by atoms with Crippen molar-refractivity contribution in [3.8, 4) is 0 Å². The van der Waals surface area contributed by atoms with E-state index in [1.165, 1.54) is 44.7 Å². The molecule has 1 aromatic heterocycles. The molecule has 0 unspecified atom stereocenters. The summed E-state index contributed by atoms with van der Waals surface area (Å²) >= 11 is 0. The summed E-state index contributed by atoms with van der Waals surface area (Å²) in [7, 11) is 0. The molecule has 0 amide bonds. The van der Waals surface area contributed by atoms with Crippen LogP contribution in [0.1, 0.15) is 12.8 Å². The van der Waals surface area contributed by atoms with Crippen LogP contribution in [0.5, 0.6) is 0 Å². The summed E-state index contributed by atoms with van der Waals surface area (Å²) in [6.45, 7) is 4.83. The standard InChI is InChI=1S/C13H19N3/c1-2-13(9-14-5-1)16-7-4-11-8-15-6-3-12(11)10-16/h1-2,5,9,11-12,15H,3-4,6-8,10H2/t11-,12-/m1/s1. The summed E-state index contributed by atoms with van der Waals surface area (Å²) in [5.74, 6) is 1.79. The zero-order chi connectivity index (χ0) is 10.8. The summed E-state index contributed by atoms with van der Waals surface area (Å²) in [5, 5.41) is 3.51. The van der Waals surface area contributed by atoms with Gasteiger partial charge in [0.15, 0.2) is 0 Å². The Balaban J connectivity index is 1.71. The van der Waals surface area contributed by atoms with E-state index in [4.69, 9.17) is 0 Å². The van der Waals surface area contributed by atoms with Crippen LogP contribution in [0.15, 0.2) is 24.5 Å². The van der Waals surface area contributed by atoms with Crippen molar-refractivity contribution in [1.29, 1.82) is 0 Å². The van der Waals surface area contributed by atoms with E-state index >= 15 is 0 Å². The van der Waals surface area contributed by atoms with Crippen molar-refractivity contribution in [1.82, 2.24) is 10.3 Å². The lowest BCUT2D eigenvalue weighted by atomic mass is 9.81. The molecule has 0 aliphatic carbocycles. The molecule has 2 aliphatic rings. The van der Waals surface area contributed by atoms with Crippen LogP contribution >= 0.6 is 0 Å². The molecule has 3 rings (SSSR count). The van der Waals surface area contributed by atoms with Crippen LogP contribution in [0, 0.1) is 11.8 Å². The molecule has 2 fully saturated rings. The molecule has 2 atom stereocenters. The lowest BCUT2D eigenvalue weighted by Gasteiger charge is -2.42. The highest BCUT2D eigenvalue weighted by Crippen LogP contribution is 2.30. The van der Waals surface area contributed by atoms with E-state index in [2.05, 4.69) is 21.3 Å². The predicted octanol–water partition coefficient (Wildman–Crippen LogP) is 1.52. The van der Waals surface area contributed by atoms with Crippen molar-refractivity contribution < 1.29 is 0 Å². The summed E-state index contributed by atoms with van der Waals surface area (Å²) in [6.07, 6.45) is 6.50. The van der Waals surface area contributed by atoms with Crippen molar-refractivity contribution in [2.75, 3.05) is 31.1 Å². The molecule has 0 aromatic carbocycles. The molecular weight excluding hydrogens is 198 g/mol. The highest BCUT2D eigenvalue weighted by molar-refractivity contribution is 5.44. The quantitative estimate of drug-likeness (QED) is 0.773. The normalized spacial score (nSPS) is 29.9. The van der Waals surface area contributed by atoms with Crippen LogP contribution in [0.4, 0.5) is 5.69 Å². The van der Waals surface area contributed by atoms with Crippen molar-refractivity contribution in [2.45, 2.75) is 12.8 Å². The molecule has 3 heteroatoms. The summed E-state index contributed by atoms with van der Waals surface area (Å²) in [5.41, 5.74) is 1.29. The van der Waals surface area contributed by atoms with Gasteiger partial charge in [0, 0.05) is 19.3 Å². The lowest BCUT2D eigenvalue weighted by molar-refractivity contribution is 0.218. The van der Waals surface area contributed by atoms with Crippen molar-refractivity contribution in [3.63, 3.8) is 0 Å². The third-order valence-electron chi connectivity index (χ3n) is 4.00. The largest absolute Gasteiger partial charge is 0.370 e. The average Bonchev–Trinajstić information content (AvgIpc) is 2.39. The van der Waals surface area contributed by atoms with Gasteiger partial charge in [-0.15, -0.1) is 0 Å². The van der Waals surface area contributed by atoms with Crippen LogP contribution in [0.3, 0.4) is 0 Å². The van der Waals surface area contributed by atoms with Crippen LogP contribution in [0.2, 0.25) is 0 Å². The second kappa shape index (κ2) is 4.42. The van der Waals surface area contributed by atoms with E-state index in [1.807, 2.05) is 18.5 Å². The second-order valence-electron chi connectivity index (χ2n) is 4.96. The molecule has 0 saturated carbocycles. The summed E-state index contributed by atoms with van der Waals surface area (Å²) < 4.78 is 0. The van der Waals surface area contributed by atoms with Gasteiger partial charge in [-0.3, -0.25) is 4.98 Å². The van der Waals surface area contributed by atoms with E-state index in [-0.39, 0.29) is 0 Å². The minimum absolute atomic E-state index is 0.884. The molecular formula is C13H19N3. The second-order valence-corrected chi connectivity index (χ2v) is 4.96. The molecule has 3 nitrogen and oxygen atoms in total. The molecule has 0 spiro atoms. The van der Waals surface area contributed by atoms with E-state index < -0.39 is 0 Å². The number of hydrogen-bond acceptors (Lipinski definition) is 3. The maximum Gasteiger partial charge on any atom is 0.0552 e. The zero-order valence-electron chi connectivity index (χ0n) is 9.60. The van der Waals surface area contributed by atoms with Crippen LogP contribution in [-0.2, 0) is 0 Å². The third kappa shape index (κ3) is 1.92. The maximum absolute atomic E-state index is 4.21. The molecule has 86 valence electrons. The van der Waals surface area contributed by atoms with E-state index in [1.54, 1.807) is 0 Å². The Morgan fingerprint density at radius 2 is 2.31 bits per heavy atom. The van der Waals surface area contributed by atoms with E-state index in [0.717, 1.165) is 11.8 Å². The van der Waals surface area contributed by atoms with E-state index in [9.17, 15) is 0 Å². The smallest absolute Gasteiger partial charge is 0.0552 e. The predicted molar refractivity (Wildman–Crippen MR) is 65.5 cm³/mol. The molecule has 3 heterocycles. The first-order valence-electron chi connectivity index (χ1n) is 6.29. The highest BCUT2D eigenvalue weighted by Gasteiger charge is 2.30. The number of anilines is 1. The number of aromatic nitrogens is 1. The summed E-state index contributed by atoms with van der Waals surface area (Å²) in [4.78, 5) is 6.71. The van der Waals surface area contributed by atoms with Gasteiger partial charge in [-0.1, -0.05) is 0 Å². The molecule has 2 saturated heterocycles. The number of rotatable bonds is 1. The van der Waals surface area contributed by atoms with Gasteiger partial charge in [-0.25, -0.2) is 0 Å². The Morgan fingerprint density at radius 3 is 3.19 bits per heavy atom. The monoisotopic (exact) mass is 217 g/mol. The number of hydrogen-bond donors (Lipinski definition) is 1. The first kappa shape index (κ1) is 10.1. The molecule has 1 aromatic rings. The number of pyridine rings is 1. The molecule has 2 aliphatic heterocycles. The van der Waals surface area contributed by atoms with Gasteiger partial charge in [0.1, 0.15) is 0 Å². The van der Waals surface area contributed by atoms with Crippen LogP contribution in [-0.4, -0.2) is 31.2 Å². The van der Waals surface area contributed by atoms with Gasteiger partial charge >= 0.3 is 0 Å². The molecule has 1 N–H and O–H groups in total. The Bertz CT molecular complexity index is 338. The lowest BCUT2D eigenvalue weighted by Crippen LogP contribution is -2.48. The van der Waals surface area contributed by atoms with Crippen LogP contribution < -0.4 is 10.2 Å². The Labute approximate surface area is 96.9 Å². The maximum atomic E-state index is 4.21. The number of nitrogens with one attached hydrogen (secondary N) is 1.